The summed E-state index contributed by atoms with van der Waals surface area (Å²) in [6, 6.07) is 13.1. The number of rotatable bonds is 3. The van der Waals surface area contributed by atoms with Gasteiger partial charge in [0.15, 0.2) is 5.17 Å². The third kappa shape index (κ3) is 3.89. The van der Waals surface area contributed by atoms with E-state index in [1.165, 1.54) is 11.8 Å². The molecule has 0 aromatic heterocycles. The minimum Gasteiger partial charge on any atom is -0.496 e. The van der Waals surface area contributed by atoms with E-state index < -0.39 is 0 Å². The van der Waals surface area contributed by atoms with Gasteiger partial charge in [0.25, 0.3) is 5.91 Å². The molecule has 1 heterocycles. The maximum Gasteiger partial charge on any atom is 0.266 e. The number of likely N-dealkylation sites (N-methyl/N-ethyl adjacent to an activating group) is 1. The molecule has 4 nitrogen and oxygen atoms in total. The number of aryl methyl sites for hydroxylation is 1. The van der Waals surface area contributed by atoms with Crippen molar-refractivity contribution in [3.05, 3.63) is 63.5 Å². The zero-order chi connectivity index (χ0) is 18.0. The smallest absolute Gasteiger partial charge is 0.266 e. The fourth-order valence-corrected chi connectivity index (χ4v) is 3.47. The number of carbonyl (C=O) groups excluding carboxylic acids is 1. The Morgan fingerprint density at radius 3 is 2.60 bits per heavy atom. The monoisotopic (exact) mass is 372 g/mol. The number of aliphatic imine (C=N–C) groups is 1. The average molecular weight is 373 g/mol. The summed E-state index contributed by atoms with van der Waals surface area (Å²) in [5, 5.41) is 1.29. The van der Waals surface area contributed by atoms with Crippen molar-refractivity contribution in [2.24, 2.45) is 4.99 Å². The summed E-state index contributed by atoms with van der Waals surface area (Å²) in [6.07, 6.45) is 1.86. The molecule has 3 rings (SSSR count). The number of thioether (sulfide) groups is 1. The van der Waals surface area contributed by atoms with Crippen LogP contribution in [-0.4, -0.2) is 30.1 Å². The molecular formula is C19H17ClN2O2S. The highest BCUT2D eigenvalue weighted by molar-refractivity contribution is 8.18. The zero-order valence-corrected chi connectivity index (χ0v) is 15.7. The second-order valence-corrected chi connectivity index (χ2v) is 7.02. The highest BCUT2D eigenvalue weighted by Gasteiger charge is 2.30. The molecule has 1 aliphatic heterocycles. The minimum atomic E-state index is -0.0720. The molecule has 2 aromatic rings. The van der Waals surface area contributed by atoms with E-state index in [-0.39, 0.29) is 5.91 Å². The summed E-state index contributed by atoms with van der Waals surface area (Å²) < 4.78 is 5.34. The van der Waals surface area contributed by atoms with Gasteiger partial charge in [-0.15, -0.1) is 0 Å². The molecule has 1 saturated heterocycles. The summed E-state index contributed by atoms with van der Waals surface area (Å²) in [4.78, 5) is 19.2. The molecule has 1 aliphatic rings. The number of carbonyl (C=O) groups is 1. The van der Waals surface area contributed by atoms with Gasteiger partial charge in [0.1, 0.15) is 5.75 Å². The van der Waals surface area contributed by atoms with Gasteiger partial charge in [-0.3, -0.25) is 9.69 Å². The number of halogens is 1. The first-order chi connectivity index (χ1) is 12.0. The number of benzene rings is 2. The zero-order valence-electron chi connectivity index (χ0n) is 14.1. The van der Waals surface area contributed by atoms with E-state index in [1.807, 2.05) is 43.3 Å². The summed E-state index contributed by atoms with van der Waals surface area (Å²) in [5.41, 5.74) is 2.72. The standard InChI is InChI=1S/C19H17ClN2O2S/c1-12-4-5-13(10-16(12)24-3)11-17-18(23)22(2)19(25-17)21-15-8-6-14(20)7-9-15/h4-11H,1-3H3/b17-11+,21-19?. The SMILES string of the molecule is COc1cc(/C=C2/SC(=Nc3ccc(Cl)cc3)N(C)C2=O)ccc1C. The molecule has 0 bridgehead atoms. The molecule has 0 saturated carbocycles. The molecule has 6 heteroatoms. The number of amidine groups is 1. The number of hydrogen-bond donors (Lipinski definition) is 0. The number of amides is 1. The quantitative estimate of drug-likeness (QED) is 0.720. The Bertz CT molecular complexity index is 875. The van der Waals surface area contributed by atoms with Crippen molar-refractivity contribution in [3.8, 4) is 5.75 Å². The molecule has 0 atom stereocenters. The fourth-order valence-electron chi connectivity index (χ4n) is 2.36. The second-order valence-electron chi connectivity index (χ2n) is 5.57. The topological polar surface area (TPSA) is 41.9 Å². The van der Waals surface area contributed by atoms with Crippen LogP contribution in [0.2, 0.25) is 5.02 Å². The van der Waals surface area contributed by atoms with E-state index in [0.717, 1.165) is 22.6 Å². The van der Waals surface area contributed by atoms with Crippen LogP contribution in [0.15, 0.2) is 52.4 Å². The van der Waals surface area contributed by atoms with Crippen molar-refractivity contribution in [3.63, 3.8) is 0 Å². The van der Waals surface area contributed by atoms with Crippen LogP contribution in [0.4, 0.5) is 5.69 Å². The first kappa shape index (κ1) is 17.6. The van der Waals surface area contributed by atoms with Crippen LogP contribution >= 0.6 is 23.4 Å². The first-order valence-electron chi connectivity index (χ1n) is 7.64. The van der Waals surface area contributed by atoms with Crippen LogP contribution in [0.3, 0.4) is 0 Å². The molecule has 0 unspecified atom stereocenters. The van der Waals surface area contributed by atoms with Crippen molar-refractivity contribution in [2.75, 3.05) is 14.2 Å². The molecule has 0 spiro atoms. The average Bonchev–Trinajstić information content (AvgIpc) is 2.86. The Morgan fingerprint density at radius 1 is 1.20 bits per heavy atom. The van der Waals surface area contributed by atoms with Gasteiger partial charge < -0.3 is 4.74 Å². The van der Waals surface area contributed by atoms with E-state index in [9.17, 15) is 4.79 Å². The van der Waals surface area contributed by atoms with Gasteiger partial charge in [-0.25, -0.2) is 4.99 Å². The van der Waals surface area contributed by atoms with Crippen molar-refractivity contribution in [1.29, 1.82) is 0 Å². The van der Waals surface area contributed by atoms with Crippen molar-refractivity contribution < 1.29 is 9.53 Å². The van der Waals surface area contributed by atoms with Crippen molar-refractivity contribution in [2.45, 2.75) is 6.92 Å². The molecule has 0 radical (unpaired) electrons. The predicted octanol–water partition coefficient (Wildman–Crippen LogP) is 4.89. The van der Waals surface area contributed by atoms with Crippen molar-refractivity contribution >= 4 is 46.2 Å². The molecular weight excluding hydrogens is 356 g/mol. The molecule has 2 aromatic carbocycles. The van der Waals surface area contributed by atoms with E-state index in [0.29, 0.717) is 15.1 Å². The highest BCUT2D eigenvalue weighted by Crippen LogP contribution is 2.34. The Morgan fingerprint density at radius 2 is 1.92 bits per heavy atom. The van der Waals surface area contributed by atoms with E-state index in [4.69, 9.17) is 16.3 Å². The van der Waals surface area contributed by atoms with E-state index >= 15 is 0 Å². The third-order valence-corrected chi connectivity index (χ3v) is 5.10. The van der Waals surface area contributed by atoms with E-state index in [1.54, 1.807) is 31.2 Å². The number of nitrogens with zero attached hydrogens (tertiary/aromatic N) is 2. The lowest BCUT2D eigenvalue weighted by molar-refractivity contribution is -0.121. The maximum atomic E-state index is 12.5. The molecule has 128 valence electrons. The number of ether oxygens (including phenoxy) is 1. The van der Waals surface area contributed by atoms with Crippen LogP contribution in [0, 0.1) is 6.92 Å². The lowest BCUT2D eigenvalue weighted by Gasteiger charge is -2.07. The predicted molar refractivity (Wildman–Crippen MR) is 105 cm³/mol. The molecule has 0 N–H and O–H groups in total. The number of hydrogen-bond acceptors (Lipinski definition) is 4. The Labute approximate surface area is 156 Å². The minimum absolute atomic E-state index is 0.0720. The first-order valence-corrected chi connectivity index (χ1v) is 8.84. The Kier molecular flexibility index (Phi) is 5.16. The van der Waals surface area contributed by atoms with Gasteiger partial charge in [-0.2, -0.15) is 0 Å². The van der Waals surface area contributed by atoms with Gasteiger partial charge in [0.05, 0.1) is 17.7 Å². The Hall–Kier alpha value is -2.24. The van der Waals surface area contributed by atoms with Crippen LogP contribution in [0.25, 0.3) is 6.08 Å². The number of methoxy groups -OCH3 is 1. The lowest BCUT2D eigenvalue weighted by atomic mass is 10.1. The molecule has 1 amide bonds. The van der Waals surface area contributed by atoms with Crippen LogP contribution in [-0.2, 0) is 4.79 Å². The van der Waals surface area contributed by atoms with Gasteiger partial charge in [-0.1, -0.05) is 23.7 Å². The lowest BCUT2D eigenvalue weighted by Crippen LogP contribution is -2.23. The van der Waals surface area contributed by atoms with E-state index in [2.05, 4.69) is 4.99 Å². The summed E-state index contributed by atoms with van der Waals surface area (Å²) in [7, 11) is 3.36. The van der Waals surface area contributed by atoms with Gasteiger partial charge in [0.2, 0.25) is 0 Å². The van der Waals surface area contributed by atoms with Crippen LogP contribution in [0.5, 0.6) is 5.75 Å². The van der Waals surface area contributed by atoms with Gasteiger partial charge in [-0.05, 0) is 66.2 Å². The van der Waals surface area contributed by atoms with Gasteiger partial charge >= 0.3 is 0 Å². The summed E-state index contributed by atoms with van der Waals surface area (Å²) in [6.45, 7) is 1.98. The van der Waals surface area contributed by atoms with Crippen molar-refractivity contribution in [1.82, 2.24) is 4.90 Å². The fraction of sp³-hybridized carbons (Fsp3) is 0.158. The maximum absolute atomic E-state index is 12.5. The second kappa shape index (κ2) is 7.33. The summed E-state index contributed by atoms with van der Waals surface area (Å²) in [5.74, 6) is 0.727. The summed E-state index contributed by atoms with van der Waals surface area (Å²) >= 11 is 7.24. The molecule has 1 fully saturated rings. The normalized spacial score (nSPS) is 17.6. The third-order valence-electron chi connectivity index (χ3n) is 3.78. The van der Waals surface area contributed by atoms with Gasteiger partial charge in [0, 0.05) is 12.1 Å². The van der Waals surface area contributed by atoms with Crippen LogP contribution in [0.1, 0.15) is 11.1 Å². The Balaban J connectivity index is 1.89. The molecule has 25 heavy (non-hydrogen) atoms. The highest BCUT2D eigenvalue weighted by atomic mass is 35.5. The van der Waals surface area contributed by atoms with Crippen LogP contribution < -0.4 is 4.74 Å². The molecule has 0 aliphatic carbocycles. The largest absolute Gasteiger partial charge is 0.496 e.